The molecule has 8 heteroatoms. The smallest absolute Gasteiger partial charge is 0.377 e. The molecule has 0 saturated heterocycles. The predicted molar refractivity (Wildman–Crippen MR) is 53.7 cm³/mol. The molecule has 0 bridgehead atoms. The molecule has 0 N–H and O–H groups in total. The highest BCUT2D eigenvalue weighted by atomic mass is 35.5. The normalized spacial score (nSPS) is 12.3. The number of hydrogen-bond acceptors (Lipinski definition) is 3. The number of methoxy groups -OCH3 is 1. The van der Waals surface area contributed by atoms with Gasteiger partial charge in [0.1, 0.15) is 11.8 Å². The highest BCUT2D eigenvalue weighted by Crippen LogP contribution is 2.31. The molecule has 2 aromatic heterocycles. The van der Waals surface area contributed by atoms with Crippen molar-refractivity contribution in [1.82, 2.24) is 14.6 Å². The standard InChI is InChI=1S/C9H7ClF3N3O/c1-17-4-7-14-8-3-5(9(11,12)13)2-6(10)16(8)15-7/h2-3H,4H2,1H3. The Labute approximate surface area is 99.0 Å². The Morgan fingerprint density at radius 3 is 2.71 bits per heavy atom. The van der Waals surface area contributed by atoms with Crippen LogP contribution in [0.3, 0.4) is 0 Å². The summed E-state index contributed by atoms with van der Waals surface area (Å²) < 4.78 is 43.5. The van der Waals surface area contributed by atoms with Gasteiger partial charge >= 0.3 is 6.18 Å². The second kappa shape index (κ2) is 4.15. The Bertz CT molecular complexity index is 552. The highest BCUT2D eigenvalue weighted by molar-refractivity contribution is 6.29. The third-order valence-electron chi connectivity index (χ3n) is 2.04. The van der Waals surface area contributed by atoms with Crippen molar-refractivity contribution in [3.63, 3.8) is 0 Å². The van der Waals surface area contributed by atoms with Gasteiger partial charge in [0, 0.05) is 7.11 Å². The molecule has 4 nitrogen and oxygen atoms in total. The van der Waals surface area contributed by atoms with Crippen LogP contribution in [0.5, 0.6) is 0 Å². The molecule has 0 amide bonds. The van der Waals surface area contributed by atoms with Crippen LogP contribution in [0.1, 0.15) is 11.4 Å². The average Bonchev–Trinajstić information content (AvgIpc) is 2.60. The van der Waals surface area contributed by atoms with Crippen molar-refractivity contribution < 1.29 is 17.9 Å². The maximum atomic E-state index is 12.5. The molecule has 0 unspecified atom stereocenters. The first-order chi connectivity index (χ1) is 7.91. The molecule has 17 heavy (non-hydrogen) atoms. The van der Waals surface area contributed by atoms with E-state index in [1.807, 2.05) is 0 Å². The van der Waals surface area contributed by atoms with Gasteiger partial charge in [-0.3, -0.25) is 0 Å². The molecule has 2 aromatic rings. The second-order valence-electron chi connectivity index (χ2n) is 3.30. The van der Waals surface area contributed by atoms with E-state index in [0.717, 1.165) is 16.6 Å². The van der Waals surface area contributed by atoms with Crippen LogP contribution in [-0.2, 0) is 17.5 Å². The van der Waals surface area contributed by atoms with Crippen molar-refractivity contribution in [3.8, 4) is 0 Å². The first-order valence-electron chi connectivity index (χ1n) is 4.53. The van der Waals surface area contributed by atoms with Crippen molar-refractivity contribution in [2.24, 2.45) is 0 Å². The summed E-state index contributed by atoms with van der Waals surface area (Å²) in [4.78, 5) is 3.88. The van der Waals surface area contributed by atoms with Crippen molar-refractivity contribution in [2.45, 2.75) is 12.8 Å². The van der Waals surface area contributed by atoms with Crippen LogP contribution in [0, 0.1) is 0 Å². The van der Waals surface area contributed by atoms with E-state index in [9.17, 15) is 13.2 Å². The van der Waals surface area contributed by atoms with Crippen LogP contribution >= 0.6 is 11.6 Å². The van der Waals surface area contributed by atoms with E-state index in [1.54, 1.807) is 0 Å². The highest BCUT2D eigenvalue weighted by Gasteiger charge is 2.31. The fourth-order valence-electron chi connectivity index (χ4n) is 1.34. The number of rotatable bonds is 2. The molecule has 0 radical (unpaired) electrons. The van der Waals surface area contributed by atoms with E-state index >= 15 is 0 Å². The van der Waals surface area contributed by atoms with Crippen LogP contribution in [0.2, 0.25) is 5.15 Å². The number of ether oxygens (including phenoxy) is 1. The summed E-state index contributed by atoms with van der Waals surface area (Å²) in [6, 6.07) is 1.69. The number of alkyl halides is 3. The van der Waals surface area contributed by atoms with Crippen LogP contribution in [0.4, 0.5) is 13.2 Å². The molecule has 0 aliphatic carbocycles. The van der Waals surface area contributed by atoms with Gasteiger partial charge in [-0.15, -0.1) is 5.10 Å². The summed E-state index contributed by atoms with van der Waals surface area (Å²) >= 11 is 5.70. The molecule has 2 heterocycles. The van der Waals surface area contributed by atoms with Gasteiger partial charge in [0.2, 0.25) is 0 Å². The van der Waals surface area contributed by atoms with Crippen molar-refractivity contribution in [3.05, 3.63) is 28.7 Å². The van der Waals surface area contributed by atoms with E-state index in [-0.39, 0.29) is 23.2 Å². The van der Waals surface area contributed by atoms with Crippen LogP contribution in [0.15, 0.2) is 12.1 Å². The van der Waals surface area contributed by atoms with Crippen LogP contribution < -0.4 is 0 Å². The SMILES string of the molecule is COCc1nc2cc(C(F)(F)F)cc(Cl)n2n1. The Morgan fingerprint density at radius 1 is 1.41 bits per heavy atom. The van der Waals surface area contributed by atoms with Crippen molar-refractivity contribution in [1.29, 1.82) is 0 Å². The molecular weight excluding hydrogens is 259 g/mol. The molecule has 0 atom stereocenters. The number of nitrogens with zero attached hydrogens (tertiary/aromatic N) is 3. The van der Waals surface area contributed by atoms with Gasteiger partial charge in [-0.25, -0.2) is 9.50 Å². The lowest BCUT2D eigenvalue weighted by Gasteiger charge is -2.06. The first-order valence-corrected chi connectivity index (χ1v) is 4.91. The predicted octanol–water partition coefficient (Wildman–Crippen LogP) is 2.55. The van der Waals surface area contributed by atoms with Crippen molar-refractivity contribution in [2.75, 3.05) is 7.11 Å². The molecule has 0 saturated carbocycles. The monoisotopic (exact) mass is 265 g/mol. The van der Waals surface area contributed by atoms with Crippen LogP contribution in [-0.4, -0.2) is 21.7 Å². The fourth-order valence-corrected chi connectivity index (χ4v) is 1.59. The van der Waals surface area contributed by atoms with Gasteiger partial charge in [-0.05, 0) is 12.1 Å². The Kier molecular flexibility index (Phi) is 2.96. The zero-order valence-corrected chi connectivity index (χ0v) is 9.38. The molecule has 92 valence electrons. The summed E-state index contributed by atoms with van der Waals surface area (Å²) in [7, 11) is 1.44. The molecule has 0 aliphatic heterocycles. The summed E-state index contributed by atoms with van der Waals surface area (Å²) in [5, 5.41) is 3.76. The number of fused-ring (bicyclic) bond motifs is 1. The Hall–Kier alpha value is -1.34. The van der Waals surface area contributed by atoms with Gasteiger partial charge in [-0.2, -0.15) is 13.2 Å². The number of pyridine rings is 1. The third kappa shape index (κ3) is 2.34. The zero-order chi connectivity index (χ0) is 12.6. The van der Waals surface area contributed by atoms with Gasteiger partial charge < -0.3 is 4.74 Å². The van der Waals surface area contributed by atoms with E-state index in [4.69, 9.17) is 16.3 Å². The lowest BCUT2D eigenvalue weighted by molar-refractivity contribution is -0.137. The number of hydrogen-bond donors (Lipinski definition) is 0. The van der Waals surface area contributed by atoms with Gasteiger partial charge in [0.05, 0.1) is 5.56 Å². The number of aromatic nitrogens is 3. The zero-order valence-electron chi connectivity index (χ0n) is 8.62. The quantitative estimate of drug-likeness (QED) is 0.784. The third-order valence-corrected chi connectivity index (χ3v) is 2.31. The molecular formula is C9H7ClF3N3O. The number of halogens is 4. The first kappa shape index (κ1) is 12.1. The lowest BCUT2D eigenvalue weighted by atomic mass is 10.2. The topological polar surface area (TPSA) is 39.4 Å². The summed E-state index contributed by atoms with van der Waals surface area (Å²) in [5.41, 5.74) is -0.816. The van der Waals surface area contributed by atoms with Gasteiger partial charge in [0.25, 0.3) is 0 Å². The van der Waals surface area contributed by atoms with Crippen LogP contribution in [0.25, 0.3) is 5.65 Å². The maximum Gasteiger partial charge on any atom is 0.416 e. The molecule has 0 aliphatic rings. The average molecular weight is 266 g/mol. The minimum absolute atomic E-state index is 0.0388. The molecule has 2 rings (SSSR count). The minimum atomic E-state index is -4.46. The van der Waals surface area contributed by atoms with Gasteiger partial charge in [0.15, 0.2) is 11.5 Å². The summed E-state index contributed by atoms with van der Waals surface area (Å²) in [6.07, 6.45) is -4.46. The van der Waals surface area contributed by atoms with Gasteiger partial charge in [-0.1, -0.05) is 11.6 Å². The lowest BCUT2D eigenvalue weighted by Crippen LogP contribution is -2.06. The van der Waals surface area contributed by atoms with E-state index in [0.29, 0.717) is 0 Å². The van der Waals surface area contributed by atoms with E-state index in [2.05, 4.69) is 10.1 Å². The van der Waals surface area contributed by atoms with E-state index < -0.39 is 11.7 Å². The van der Waals surface area contributed by atoms with Crippen molar-refractivity contribution >= 4 is 17.2 Å². The Morgan fingerprint density at radius 2 is 2.12 bits per heavy atom. The Balaban J connectivity index is 2.57. The summed E-state index contributed by atoms with van der Waals surface area (Å²) in [5.74, 6) is 0.272. The maximum absolute atomic E-state index is 12.5. The van der Waals surface area contributed by atoms with E-state index in [1.165, 1.54) is 7.11 Å². The minimum Gasteiger partial charge on any atom is -0.377 e. The largest absolute Gasteiger partial charge is 0.416 e. The fraction of sp³-hybridized carbons (Fsp3) is 0.333. The molecule has 0 aromatic carbocycles. The second-order valence-corrected chi connectivity index (χ2v) is 3.68. The molecule has 0 fully saturated rings. The molecule has 0 spiro atoms. The summed E-state index contributed by atoms with van der Waals surface area (Å²) in [6.45, 7) is 0.110.